The monoisotopic (exact) mass is 230 g/mol. The molecule has 0 unspecified atom stereocenters. The summed E-state index contributed by atoms with van der Waals surface area (Å²) in [6.45, 7) is 0. The third-order valence-corrected chi connectivity index (χ3v) is 2.50. The predicted molar refractivity (Wildman–Crippen MR) is 62.1 cm³/mol. The van der Waals surface area contributed by atoms with E-state index in [2.05, 4.69) is 20.2 Å². The second-order valence-electron chi connectivity index (χ2n) is 3.34. The highest BCUT2D eigenvalue weighted by Crippen LogP contribution is 2.25. The minimum atomic E-state index is 0.218. The van der Waals surface area contributed by atoms with E-state index in [9.17, 15) is 0 Å². The van der Waals surface area contributed by atoms with Gasteiger partial charge in [0.25, 0.3) is 0 Å². The lowest BCUT2D eigenvalue weighted by Crippen LogP contribution is -1.89. The maximum Gasteiger partial charge on any atom is 0.224 e. The van der Waals surface area contributed by atoms with Gasteiger partial charge in [-0.15, -0.1) is 0 Å². The number of aromatic nitrogens is 4. The molecular formula is C11H7ClN4. The van der Waals surface area contributed by atoms with Gasteiger partial charge in [0, 0.05) is 5.56 Å². The lowest BCUT2D eigenvalue weighted by Gasteiger charge is -2.01. The molecule has 0 bridgehead atoms. The van der Waals surface area contributed by atoms with Gasteiger partial charge in [-0.25, -0.2) is 4.98 Å². The van der Waals surface area contributed by atoms with E-state index in [-0.39, 0.29) is 5.28 Å². The van der Waals surface area contributed by atoms with Crippen LogP contribution >= 0.6 is 11.6 Å². The van der Waals surface area contributed by atoms with Crippen molar-refractivity contribution in [3.63, 3.8) is 0 Å². The fourth-order valence-corrected chi connectivity index (χ4v) is 1.79. The number of aromatic amines is 1. The van der Waals surface area contributed by atoms with Crippen LogP contribution in [0.5, 0.6) is 0 Å². The zero-order valence-electron chi connectivity index (χ0n) is 8.18. The molecule has 0 saturated carbocycles. The molecule has 1 N–H and O–H groups in total. The summed E-state index contributed by atoms with van der Waals surface area (Å²) in [7, 11) is 0. The first-order valence-electron chi connectivity index (χ1n) is 4.76. The Hall–Kier alpha value is -1.94. The van der Waals surface area contributed by atoms with Crippen LogP contribution in [-0.4, -0.2) is 20.2 Å². The van der Waals surface area contributed by atoms with Crippen LogP contribution < -0.4 is 0 Å². The summed E-state index contributed by atoms with van der Waals surface area (Å²) in [4.78, 5) is 8.30. The Kier molecular flexibility index (Phi) is 2.08. The van der Waals surface area contributed by atoms with E-state index in [1.165, 1.54) is 0 Å². The predicted octanol–water partition coefficient (Wildman–Crippen LogP) is 2.67. The average molecular weight is 231 g/mol. The van der Waals surface area contributed by atoms with Crippen molar-refractivity contribution in [1.29, 1.82) is 0 Å². The molecule has 0 spiro atoms. The Morgan fingerprint density at radius 3 is 2.69 bits per heavy atom. The van der Waals surface area contributed by atoms with E-state index < -0.39 is 0 Å². The first-order chi connectivity index (χ1) is 7.84. The number of H-pyrrole nitrogens is 1. The molecule has 4 nitrogen and oxygen atoms in total. The maximum absolute atomic E-state index is 5.86. The van der Waals surface area contributed by atoms with Gasteiger partial charge in [-0.2, -0.15) is 10.1 Å². The number of halogens is 1. The molecule has 0 radical (unpaired) electrons. The molecule has 2 heterocycles. The summed E-state index contributed by atoms with van der Waals surface area (Å²) >= 11 is 5.86. The Balaban J connectivity index is 2.34. The van der Waals surface area contributed by atoms with Gasteiger partial charge in [-0.1, -0.05) is 30.3 Å². The van der Waals surface area contributed by atoms with E-state index >= 15 is 0 Å². The van der Waals surface area contributed by atoms with Crippen molar-refractivity contribution < 1.29 is 0 Å². The highest BCUT2D eigenvalue weighted by molar-refractivity contribution is 6.28. The highest BCUT2D eigenvalue weighted by atomic mass is 35.5. The summed E-state index contributed by atoms with van der Waals surface area (Å²) in [6.07, 6.45) is 1.70. The van der Waals surface area contributed by atoms with Crippen LogP contribution in [0.1, 0.15) is 0 Å². The lowest BCUT2D eigenvalue weighted by molar-refractivity contribution is 1.09. The van der Waals surface area contributed by atoms with Crippen LogP contribution in [0.15, 0.2) is 36.5 Å². The lowest BCUT2D eigenvalue weighted by atomic mass is 10.1. The van der Waals surface area contributed by atoms with E-state index in [4.69, 9.17) is 11.6 Å². The SMILES string of the molecule is Clc1nc(-c2ccccc2)c2cn[nH]c2n1. The molecule has 0 saturated heterocycles. The zero-order valence-corrected chi connectivity index (χ0v) is 8.94. The number of hydrogen-bond acceptors (Lipinski definition) is 3. The summed E-state index contributed by atoms with van der Waals surface area (Å²) in [5.74, 6) is 0. The van der Waals surface area contributed by atoms with Crippen molar-refractivity contribution in [2.75, 3.05) is 0 Å². The van der Waals surface area contributed by atoms with Crippen molar-refractivity contribution in [3.8, 4) is 11.3 Å². The number of nitrogens with zero attached hydrogens (tertiary/aromatic N) is 3. The fraction of sp³-hybridized carbons (Fsp3) is 0. The molecule has 1 aromatic carbocycles. The number of fused-ring (bicyclic) bond motifs is 1. The van der Waals surface area contributed by atoms with Gasteiger partial charge >= 0.3 is 0 Å². The van der Waals surface area contributed by atoms with Gasteiger partial charge in [0.05, 0.1) is 17.3 Å². The van der Waals surface area contributed by atoms with Gasteiger partial charge in [0.2, 0.25) is 5.28 Å². The number of hydrogen-bond donors (Lipinski definition) is 1. The second-order valence-corrected chi connectivity index (χ2v) is 3.68. The second kappa shape index (κ2) is 3.57. The van der Waals surface area contributed by atoms with Crippen LogP contribution in [0, 0.1) is 0 Å². The summed E-state index contributed by atoms with van der Waals surface area (Å²) in [5, 5.41) is 7.82. The number of benzene rings is 1. The van der Waals surface area contributed by atoms with Gasteiger partial charge in [0.15, 0.2) is 5.65 Å². The van der Waals surface area contributed by atoms with Crippen LogP contribution in [0.2, 0.25) is 5.28 Å². The van der Waals surface area contributed by atoms with Gasteiger partial charge in [-0.05, 0) is 11.6 Å². The van der Waals surface area contributed by atoms with Crippen molar-refractivity contribution in [2.45, 2.75) is 0 Å². The molecule has 0 fully saturated rings. The molecule has 2 aromatic heterocycles. The molecule has 0 amide bonds. The van der Waals surface area contributed by atoms with Crippen molar-refractivity contribution in [3.05, 3.63) is 41.8 Å². The van der Waals surface area contributed by atoms with Crippen molar-refractivity contribution in [1.82, 2.24) is 20.2 Å². The standard InChI is InChI=1S/C11H7ClN4/c12-11-14-9(7-4-2-1-3-5-7)8-6-13-16-10(8)15-11/h1-6H,(H,13,14,15,16). The Morgan fingerprint density at radius 2 is 1.88 bits per heavy atom. The smallest absolute Gasteiger partial charge is 0.224 e. The van der Waals surface area contributed by atoms with Crippen molar-refractivity contribution in [2.24, 2.45) is 0 Å². The summed E-state index contributed by atoms with van der Waals surface area (Å²) in [6, 6.07) is 9.82. The normalized spacial score (nSPS) is 10.8. The third-order valence-electron chi connectivity index (χ3n) is 2.33. The quantitative estimate of drug-likeness (QED) is 0.654. The van der Waals surface area contributed by atoms with Crippen LogP contribution in [0.25, 0.3) is 22.3 Å². The highest BCUT2D eigenvalue weighted by Gasteiger charge is 2.09. The molecule has 5 heteroatoms. The molecule has 3 aromatic rings. The summed E-state index contributed by atoms with van der Waals surface area (Å²) < 4.78 is 0. The molecule has 0 aliphatic heterocycles. The molecule has 0 aliphatic carbocycles. The zero-order chi connectivity index (χ0) is 11.0. The van der Waals surface area contributed by atoms with E-state index in [0.717, 1.165) is 16.6 Å². The molecule has 0 atom stereocenters. The maximum atomic E-state index is 5.86. The van der Waals surface area contributed by atoms with E-state index in [0.29, 0.717) is 5.65 Å². The van der Waals surface area contributed by atoms with E-state index in [1.807, 2.05) is 30.3 Å². The number of nitrogens with one attached hydrogen (secondary N) is 1. The van der Waals surface area contributed by atoms with Crippen LogP contribution in [0.4, 0.5) is 0 Å². The molecule has 0 aliphatic rings. The van der Waals surface area contributed by atoms with E-state index in [1.54, 1.807) is 6.20 Å². The third kappa shape index (κ3) is 1.44. The molecule has 3 rings (SSSR count). The fourth-order valence-electron chi connectivity index (χ4n) is 1.62. The molecule has 78 valence electrons. The largest absolute Gasteiger partial charge is 0.261 e. The average Bonchev–Trinajstić information content (AvgIpc) is 2.77. The van der Waals surface area contributed by atoms with Crippen LogP contribution in [-0.2, 0) is 0 Å². The first kappa shape index (κ1) is 9.30. The topological polar surface area (TPSA) is 54.5 Å². The summed E-state index contributed by atoms with van der Waals surface area (Å²) in [5.41, 5.74) is 2.45. The minimum absolute atomic E-state index is 0.218. The first-order valence-corrected chi connectivity index (χ1v) is 5.14. The Morgan fingerprint density at radius 1 is 1.06 bits per heavy atom. The minimum Gasteiger partial charge on any atom is -0.261 e. The van der Waals surface area contributed by atoms with Gasteiger partial charge in [-0.3, -0.25) is 5.10 Å². The van der Waals surface area contributed by atoms with Crippen LogP contribution in [0.3, 0.4) is 0 Å². The Labute approximate surface area is 96.3 Å². The van der Waals surface area contributed by atoms with Gasteiger partial charge < -0.3 is 0 Å². The molecular weight excluding hydrogens is 224 g/mol. The van der Waals surface area contributed by atoms with Gasteiger partial charge in [0.1, 0.15) is 0 Å². The molecule has 16 heavy (non-hydrogen) atoms. The van der Waals surface area contributed by atoms with Crippen molar-refractivity contribution >= 4 is 22.6 Å². The Bertz CT molecular complexity index is 633. The number of rotatable bonds is 1.